The molecule has 1 N–H and O–H groups in total. The van der Waals surface area contributed by atoms with E-state index >= 15 is 0 Å². The van der Waals surface area contributed by atoms with E-state index in [9.17, 15) is 19.7 Å². The molecule has 3 aromatic rings. The van der Waals surface area contributed by atoms with Gasteiger partial charge in [-0.05, 0) is 18.2 Å². The lowest BCUT2D eigenvalue weighted by Crippen LogP contribution is -2.20. The van der Waals surface area contributed by atoms with Crippen LogP contribution in [0.5, 0.6) is 0 Å². The van der Waals surface area contributed by atoms with E-state index < -0.39 is 23.4 Å². The maximum atomic E-state index is 11.9. The Labute approximate surface area is 144 Å². The second-order valence-electron chi connectivity index (χ2n) is 4.79. The van der Waals surface area contributed by atoms with Crippen LogP contribution in [-0.4, -0.2) is 33.4 Å². The number of nitrogens with zero attached hydrogens (tertiary/aromatic N) is 3. The molecule has 1 amide bonds. The van der Waals surface area contributed by atoms with Gasteiger partial charge in [0.05, 0.1) is 20.7 Å². The van der Waals surface area contributed by atoms with Gasteiger partial charge in [0.15, 0.2) is 11.7 Å². The molecule has 0 saturated heterocycles. The molecule has 2 heterocycles. The van der Waals surface area contributed by atoms with Gasteiger partial charge in [0, 0.05) is 24.5 Å². The number of ether oxygens (including phenoxy) is 1. The van der Waals surface area contributed by atoms with E-state index in [-0.39, 0.29) is 16.4 Å². The molecule has 2 aromatic heterocycles. The Bertz CT molecular complexity index is 957. The highest BCUT2D eigenvalue weighted by Gasteiger charge is 2.14. The minimum absolute atomic E-state index is 0.0561. The number of anilines is 1. The Morgan fingerprint density at radius 2 is 2.16 bits per heavy atom. The van der Waals surface area contributed by atoms with Crippen LogP contribution >= 0.6 is 11.3 Å². The third-order valence-corrected chi connectivity index (χ3v) is 3.99. The van der Waals surface area contributed by atoms with E-state index in [1.54, 1.807) is 6.07 Å². The molecule has 126 valence electrons. The van der Waals surface area contributed by atoms with E-state index in [0.29, 0.717) is 10.2 Å². The monoisotopic (exact) mass is 358 g/mol. The summed E-state index contributed by atoms with van der Waals surface area (Å²) < 4.78 is 5.45. The van der Waals surface area contributed by atoms with Crippen molar-refractivity contribution in [3.63, 3.8) is 0 Å². The van der Waals surface area contributed by atoms with Gasteiger partial charge in [-0.1, -0.05) is 11.3 Å². The van der Waals surface area contributed by atoms with Crippen molar-refractivity contribution in [2.75, 3.05) is 11.9 Å². The first-order chi connectivity index (χ1) is 12.0. The number of hydrogen-bond donors (Lipinski definition) is 1. The third-order valence-electron chi connectivity index (χ3n) is 3.06. The van der Waals surface area contributed by atoms with Gasteiger partial charge in [-0.3, -0.25) is 25.2 Å². The second-order valence-corrected chi connectivity index (χ2v) is 5.82. The largest absolute Gasteiger partial charge is 0.452 e. The Kier molecular flexibility index (Phi) is 4.61. The van der Waals surface area contributed by atoms with Crippen molar-refractivity contribution >= 4 is 44.2 Å². The van der Waals surface area contributed by atoms with Crippen LogP contribution in [0.4, 0.5) is 10.8 Å². The van der Waals surface area contributed by atoms with Crippen LogP contribution in [0.25, 0.3) is 10.2 Å². The Balaban J connectivity index is 1.62. The van der Waals surface area contributed by atoms with E-state index in [2.05, 4.69) is 15.3 Å². The third kappa shape index (κ3) is 3.93. The average Bonchev–Trinajstić information content (AvgIpc) is 3.01. The van der Waals surface area contributed by atoms with E-state index in [0.717, 1.165) is 11.3 Å². The normalized spacial score (nSPS) is 10.4. The molecular weight excluding hydrogens is 348 g/mol. The van der Waals surface area contributed by atoms with Crippen molar-refractivity contribution in [3.05, 3.63) is 58.4 Å². The first-order valence-corrected chi connectivity index (χ1v) is 7.76. The van der Waals surface area contributed by atoms with Gasteiger partial charge in [-0.25, -0.2) is 9.78 Å². The summed E-state index contributed by atoms with van der Waals surface area (Å²) in [6.07, 6.45) is 2.85. The van der Waals surface area contributed by atoms with Gasteiger partial charge >= 0.3 is 5.97 Å². The van der Waals surface area contributed by atoms with Gasteiger partial charge in [-0.15, -0.1) is 0 Å². The van der Waals surface area contributed by atoms with Crippen LogP contribution in [-0.2, 0) is 9.53 Å². The maximum Gasteiger partial charge on any atom is 0.340 e. The zero-order chi connectivity index (χ0) is 17.8. The van der Waals surface area contributed by atoms with Gasteiger partial charge < -0.3 is 4.74 Å². The van der Waals surface area contributed by atoms with Gasteiger partial charge in [-0.2, -0.15) is 0 Å². The first-order valence-electron chi connectivity index (χ1n) is 6.95. The van der Waals surface area contributed by atoms with Crippen LogP contribution in [0.3, 0.4) is 0 Å². The van der Waals surface area contributed by atoms with E-state index in [1.165, 1.54) is 36.7 Å². The number of carbonyl (C=O) groups is 2. The molecule has 3 rings (SSSR count). The number of benzene rings is 1. The molecule has 0 radical (unpaired) electrons. The number of pyridine rings is 1. The lowest BCUT2D eigenvalue weighted by molar-refractivity contribution is -0.384. The molecule has 0 aliphatic rings. The molecule has 0 bridgehead atoms. The Morgan fingerprint density at radius 1 is 1.32 bits per heavy atom. The van der Waals surface area contributed by atoms with Crippen molar-refractivity contribution in [1.82, 2.24) is 9.97 Å². The predicted octanol–water partition coefficient (Wildman–Crippen LogP) is 2.40. The number of nitrogens with one attached hydrogen (secondary N) is 1. The molecule has 9 nitrogen and oxygen atoms in total. The van der Waals surface area contributed by atoms with Gasteiger partial charge in [0.2, 0.25) is 0 Å². The highest BCUT2D eigenvalue weighted by atomic mass is 32.1. The average molecular weight is 358 g/mol. The lowest BCUT2D eigenvalue weighted by Gasteiger charge is -2.04. The molecule has 0 atom stereocenters. The molecule has 0 aliphatic carbocycles. The van der Waals surface area contributed by atoms with Gasteiger partial charge in [0.1, 0.15) is 0 Å². The molecule has 1 aromatic carbocycles. The van der Waals surface area contributed by atoms with Crippen molar-refractivity contribution < 1.29 is 19.2 Å². The zero-order valence-electron chi connectivity index (χ0n) is 12.5. The number of thiazole rings is 1. The van der Waals surface area contributed by atoms with Crippen molar-refractivity contribution in [1.29, 1.82) is 0 Å². The number of aromatic nitrogens is 2. The summed E-state index contributed by atoms with van der Waals surface area (Å²) in [5.41, 5.74) is 0.709. The second kappa shape index (κ2) is 7.01. The summed E-state index contributed by atoms with van der Waals surface area (Å²) in [6.45, 7) is -0.482. The first kappa shape index (κ1) is 16.5. The fraction of sp³-hybridized carbons (Fsp3) is 0.0667. The van der Waals surface area contributed by atoms with Crippen molar-refractivity contribution in [2.24, 2.45) is 0 Å². The number of nitro benzene ring substituents is 1. The number of nitro groups is 1. The summed E-state index contributed by atoms with van der Waals surface area (Å²) in [7, 11) is 0. The molecule has 0 aliphatic heterocycles. The highest BCUT2D eigenvalue weighted by molar-refractivity contribution is 7.22. The van der Waals surface area contributed by atoms with Crippen LogP contribution < -0.4 is 5.32 Å². The van der Waals surface area contributed by atoms with Crippen LogP contribution in [0.1, 0.15) is 10.4 Å². The van der Waals surface area contributed by atoms with E-state index in [4.69, 9.17) is 4.74 Å². The Morgan fingerprint density at radius 3 is 2.88 bits per heavy atom. The fourth-order valence-corrected chi connectivity index (χ4v) is 2.85. The minimum atomic E-state index is -0.664. The minimum Gasteiger partial charge on any atom is -0.452 e. The summed E-state index contributed by atoms with van der Waals surface area (Å²) in [6, 6.07) is 7.32. The van der Waals surface area contributed by atoms with Crippen molar-refractivity contribution in [2.45, 2.75) is 0 Å². The maximum absolute atomic E-state index is 11.9. The number of amides is 1. The smallest absolute Gasteiger partial charge is 0.340 e. The zero-order valence-corrected chi connectivity index (χ0v) is 13.4. The highest BCUT2D eigenvalue weighted by Crippen LogP contribution is 2.29. The molecule has 0 spiro atoms. The number of non-ortho nitro benzene ring substituents is 1. The predicted molar refractivity (Wildman–Crippen MR) is 89.4 cm³/mol. The molecular formula is C15H10N4O5S. The van der Waals surface area contributed by atoms with Crippen molar-refractivity contribution in [3.8, 4) is 0 Å². The van der Waals surface area contributed by atoms with Crippen LogP contribution in [0.2, 0.25) is 0 Å². The molecule has 25 heavy (non-hydrogen) atoms. The Hall–Kier alpha value is -3.40. The fourth-order valence-electron chi connectivity index (χ4n) is 1.93. The van der Waals surface area contributed by atoms with E-state index in [1.807, 2.05) is 0 Å². The number of esters is 1. The van der Waals surface area contributed by atoms with Crippen LogP contribution in [0, 0.1) is 10.1 Å². The number of carbonyl (C=O) groups excluding carboxylic acids is 2. The SMILES string of the molecule is O=C(COC(=O)c1cccnc1)Nc1nc2ccc([N+](=O)[O-])cc2s1. The molecule has 10 heteroatoms. The molecule has 0 unspecified atom stereocenters. The van der Waals surface area contributed by atoms with Gasteiger partial charge in [0.25, 0.3) is 11.6 Å². The topological polar surface area (TPSA) is 124 Å². The summed E-state index contributed by atoms with van der Waals surface area (Å²) in [4.78, 5) is 41.8. The quantitative estimate of drug-likeness (QED) is 0.422. The molecule has 0 saturated carbocycles. The molecule has 0 fully saturated rings. The summed E-state index contributed by atoms with van der Waals surface area (Å²) >= 11 is 1.09. The lowest BCUT2D eigenvalue weighted by atomic mass is 10.3. The standard InChI is InChI=1S/C15H10N4O5S/c20-13(8-24-14(21)9-2-1-5-16-7-9)18-15-17-11-4-3-10(19(22)23)6-12(11)25-15/h1-7H,8H2,(H,17,18,20). The number of fused-ring (bicyclic) bond motifs is 1. The summed E-state index contributed by atoms with van der Waals surface area (Å²) in [5.74, 6) is -1.23. The number of rotatable bonds is 5. The number of hydrogen-bond acceptors (Lipinski definition) is 8. The van der Waals surface area contributed by atoms with Crippen LogP contribution in [0.15, 0.2) is 42.7 Å². The summed E-state index contributed by atoms with van der Waals surface area (Å²) in [5, 5.41) is 13.5.